The van der Waals surface area contributed by atoms with Crippen molar-refractivity contribution in [2.75, 3.05) is 0 Å². The lowest BCUT2D eigenvalue weighted by atomic mass is 10.2. The molecule has 0 unspecified atom stereocenters. The van der Waals surface area contributed by atoms with Crippen LogP contribution in [0.25, 0.3) is 0 Å². The maximum absolute atomic E-state index is 12.8. The summed E-state index contributed by atoms with van der Waals surface area (Å²) in [6, 6.07) is 3.93. The summed E-state index contributed by atoms with van der Waals surface area (Å²) < 4.78 is 25.4. The summed E-state index contributed by atoms with van der Waals surface area (Å²) >= 11 is 4.29. The average molecular weight is 185 g/mol. The number of halogens is 2. The molecule has 1 aromatic rings. The Kier molecular flexibility index (Phi) is 3.02. The van der Waals surface area contributed by atoms with Gasteiger partial charge in [-0.25, -0.2) is 13.8 Å². The molecule has 0 aliphatic heterocycles. The molecule has 0 N–H and O–H groups in total. The third-order valence-electron chi connectivity index (χ3n) is 1.35. The van der Waals surface area contributed by atoms with Crippen molar-refractivity contribution >= 4 is 17.4 Å². The van der Waals surface area contributed by atoms with Gasteiger partial charge in [0.2, 0.25) is 0 Å². The smallest absolute Gasteiger partial charge is 0.163 e. The minimum Gasteiger partial charge on any atom is -0.228 e. The standard InChI is InChI=1S/C8H5F2NS/c9-7-3-1-2-6(8(7)10)4-11-5-12/h1-3H,4H2. The van der Waals surface area contributed by atoms with E-state index in [-0.39, 0.29) is 12.1 Å². The van der Waals surface area contributed by atoms with Crippen molar-refractivity contribution in [3.05, 3.63) is 35.4 Å². The molecular weight excluding hydrogens is 180 g/mol. The van der Waals surface area contributed by atoms with Gasteiger partial charge in [0.05, 0.1) is 11.7 Å². The predicted octanol–water partition coefficient (Wildman–Crippen LogP) is 2.57. The normalized spacial score (nSPS) is 9.17. The molecule has 0 fully saturated rings. The summed E-state index contributed by atoms with van der Waals surface area (Å²) in [4.78, 5) is 3.50. The van der Waals surface area contributed by atoms with Gasteiger partial charge in [-0.1, -0.05) is 12.1 Å². The van der Waals surface area contributed by atoms with E-state index in [9.17, 15) is 8.78 Å². The first kappa shape index (κ1) is 8.97. The van der Waals surface area contributed by atoms with E-state index in [4.69, 9.17) is 0 Å². The molecule has 0 radical (unpaired) electrons. The summed E-state index contributed by atoms with van der Waals surface area (Å²) in [7, 11) is 0. The van der Waals surface area contributed by atoms with Crippen molar-refractivity contribution in [3.8, 4) is 0 Å². The molecule has 0 saturated carbocycles. The van der Waals surface area contributed by atoms with Gasteiger partial charge in [-0.15, -0.1) is 0 Å². The van der Waals surface area contributed by atoms with Gasteiger partial charge in [-0.05, 0) is 18.3 Å². The van der Waals surface area contributed by atoms with Gasteiger partial charge in [-0.2, -0.15) is 0 Å². The molecule has 1 rings (SSSR count). The molecule has 0 bridgehead atoms. The van der Waals surface area contributed by atoms with E-state index in [1.807, 2.05) is 0 Å². The third kappa shape index (κ3) is 1.94. The Balaban J connectivity index is 2.99. The monoisotopic (exact) mass is 185 g/mol. The third-order valence-corrected chi connectivity index (χ3v) is 1.47. The topological polar surface area (TPSA) is 12.4 Å². The van der Waals surface area contributed by atoms with E-state index in [1.54, 1.807) is 0 Å². The Labute approximate surface area is 73.7 Å². The summed E-state index contributed by atoms with van der Waals surface area (Å²) in [6.45, 7) is 0.0348. The molecule has 4 heteroatoms. The molecule has 62 valence electrons. The number of nitrogens with zero attached hydrogens (tertiary/aromatic N) is 1. The number of hydrogen-bond acceptors (Lipinski definition) is 2. The first-order chi connectivity index (χ1) is 5.75. The molecule has 0 aliphatic rings. The molecule has 1 aromatic carbocycles. The van der Waals surface area contributed by atoms with Crippen LogP contribution in [0.1, 0.15) is 5.56 Å². The van der Waals surface area contributed by atoms with Gasteiger partial charge in [0.15, 0.2) is 11.6 Å². The molecular formula is C8H5F2NS. The fourth-order valence-corrected chi connectivity index (χ4v) is 0.853. The minimum absolute atomic E-state index is 0.0348. The van der Waals surface area contributed by atoms with Crippen molar-refractivity contribution in [1.29, 1.82) is 0 Å². The zero-order valence-electron chi connectivity index (χ0n) is 6.05. The summed E-state index contributed by atoms with van der Waals surface area (Å²) in [5.41, 5.74) is 0.187. The highest BCUT2D eigenvalue weighted by molar-refractivity contribution is 7.78. The van der Waals surface area contributed by atoms with Gasteiger partial charge >= 0.3 is 0 Å². The molecule has 0 spiro atoms. The maximum Gasteiger partial charge on any atom is 0.163 e. The molecule has 0 aliphatic carbocycles. The van der Waals surface area contributed by atoms with Crippen LogP contribution < -0.4 is 0 Å². The van der Waals surface area contributed by atoms with Gasteiger partial charge in [0, 0.05) is 5.56 Å². The second kappa shape index (κ2) is 4.04. The summed E-state index contributed by atoms with van der Waals surface area (Å²) in [5, 5.41) is 2.08. The quantitative estimate of drug-likeness (QED) is 0.509. The van der Waals surface area contributed by atoms with Crippen molar-refractivity contribution in [2.24, 2.45) is 4.99 Å². The lowest BCUT2D eigenvalue weighted by molar-refractivity contribution is 0.499. The Morgan fingerprint density at radius 2 is 2.17 bits per heavy atom. The lowest BCUT2D eigenvalue weighted by Gasteiger charge is -1.97. The largest absolute Gasteiger partial charge is 0.228 e. The average Bonchev–Trinajstić information content (AvgIpc) is 2.08. The highest BCUT2D eigenvalue weighted by Gasteiger charge is 2.05. The van der Waals surface area contributed by atoms with Gasteiger partial charge < -0.3 is 0 Å². The van der Waals surface area contributed by atoms with E-state index in [1.165, 1.54) is 12.1 Å². The van der Waals surface area contributed by atoms with Crippen LogP contribution in [0.15, 0.2) is 23.2 Å². The van der Waals surface area contributed by atoms with Crippen molar-refractivity contribution < 1.29 is 8.78 Å². The summed E-state index contributed by atoms with van der Waals surface area (Å²) in [5.74, 6) is -1.74. The van der Waals surface area contributed by atoms with Crippen LogP contribution in [-0.4, -0.2) is 5.16 Å². The fraction of sp³-hybridized carbons (Fsp3) is 0.125. The first-order valence-electron chi connectivity index (χ1n) is 3.22. The van der Waals surface area contributed by atoms with Gasteiger partial charge in [-0.3, -0.25) is 0 Å². The van der Waals surface area contributed by atoms with E-state index in [0.29, 0.717) is 0 Å². The Morgan fingerprint density at radius 1 is 1.42 bits per heavy atom. The van der Waals surface area contributed by atoms with Crippen LogP contribution in [0.3, 0.4) is 0 Å². The summed E-state index contributed by atoms with van der Waals surface area (Å²) in [6.07, 6.45) is 0. The minimum atomic E-state index is -0.869. The van der Waals surface area contributed by atoms with E-state index < -0.39 is 11.6 Å². The zero-order chi connectivity index (χ0) is 8.97. The highest BCUT2D eigenvalue weighted by atomic mass is 32.1. The Hall–Kier alpha value is -1.12. The van der Waals surface area contributed by atoms with Crippen LogP contribution in [0.5, 0.6) is 0 Å². The number of aliphatic imine (C=N–C) groups is 1. The van der Waals surface area contributed by atoms with Crippen LogP contribution in [-0.2, 0) is 6.54 Å². The van der Waals surface area contributed by atoms with Crippen LogP contribution >= 0.6 is 12.2 Å². The maximum atomic E-state index is 12.8. The predicted molar refractivity (Wildman–Crippen MR) is 45.1 cm³/mol. The van der Waals surface area contributed by atoms with Crippen molar-refractivity contribution in [3.63, 3.8) is 0 Å². The van der Waals surface area contributed by atoms with Gasteiger partial charge in [0.25, 0.3) is 0 Å². The molecule has 0 atom stereocenters. The van der Waals surface area contributed by atoms with Crippen LogP contribution in [0.4, 0.5) is 8.78 Å². The number of hydrogen-bond donors (Lipinski definition) is 0. The molecule has 1 nitrogen and oxygen atoms in total. The fourth-order valence-electron chi connectivity index (χ4n) is 0.788. The Bertz CT molecular complexity index is 332. The molecule has 0 saturated heterocycles. The first-order valence-corrected chi connectivity index (χ1v) is 3.63. The van der Waals surface area contributed by atoms with Crippen LogP contribution in [0, 0.1) is 11.6 Å². The molecule has 12 heavy (non-hydrogen) atoms. The van der Waals surface area contributed by atoms with Crippen molar-refractivity contribution in [2.45, 2.75) is 6.54 Å². The number of thiocarbonyl (C=S) groups is 1. The Morgan fingerprint density at radius 3 is 2.83 bits per heavy atom. The highest BCUT2D eigenvalue weighted by Crippen LogP contribution is 2.11. The molecule has 0 aromatic heterocycles. The molecule has 0 amide bonds. The van der Waals surface area contributed by atoms with Crippen molar-refractivity contribution in [1.82, 2.24) is 0 Å². The van der Waals surface area contributed by atoms with E-state index >= 15 is 0 Å². The number of rotatable bonds is 2. The lowest BCUT2D eigenvalue weighted by Crippen LogP contribution is -1.91. The van der Waals surface area contributed by atoms with Crippen LogP contribution in [0.2, 0.25) is 0 Å². The number of benzene rings is 1. The zero-order valence-corrected chi connectivity index (χ0v) is 6.87. The van der Waals surface area contributed by atoms with E-state index in [0.717, 1.165) is 6.07 Å². The number of isothiocyanates is 1. The van der Waals surface area contributed by atoms with E-state index in [2.05, 4.69) is 22.4 Å². The second-order valence-corrected chi connectivity index (χ2v) is 2.30. The van der Waals surface area contributed by atoms with Gasteiger partial charge in [0.1, 0.15) is 0 Å². The molecule has 0 heterocycles. The SMILES string of the molecule is Fc1cccc(CN=C=S)c1F. The second-order valence-electron chi connectivity index (χ2n) is 2.12.